The molecule has 1 heterocycles. The lowest BCUT2D eigenvalue weighted by molar-refractivity contribution is -0.302. The molecule has 0 aromatic carbocycles. The predicted octanol–water partition coefficient (Wildman–Crippen LogP) is 19.0. The Morgan fingerprint density at radius 1 is 0.425 bits per heavy atom. The quantitative estimate of drug-likeness (QED) is 0.0261. The van der Waals surface area contributed by atoms with E-state index in [0.29, 0.717) is 6.42 Å². The third-order valence-electron chi connectivity index (χ3n) is 17.0. The molecule has 472 valence electrons. The molecule has 0 aliphatic carbocycles. The molecule has 0 spiro atoms. The normalized spacial score (nSPS) is 18.6. The molecule has 0 bridgehead atoms. The summed E-state index contributed by atoms with van der Waals surface area (Å²) in [4.78, 5) is 13.1. The number of unbranched alkanes of at least 4 members (excludes halogenated alkanes) is 48. The second-order valence-electron chi connectivity index (χ2n) is 24.7. The van der Waals surface area contributed by atoms with Crippen LogP contribution in [0, 0.1) is 0 Å². The number of carbonyl (C=O) groups excluding carboxylic acids is 1. The molecule has 1 saturated heterocycles. The molecular formula is C71H135NO8. The van der Waals surface area contributed by atoms with Gasteiger partial charge in [-0.1, -0.05) is 333 Å². The van der Waals surface area contributed by atoms with E-state index < -0.39 is 49.5 Å². The monoisotopic (exact) mass is 1130 g/mol. The number of aliphatic hydroxyl groups excluding tert-OH is 5. The lowest BCUT2D eigenvalue weighted by Crippen LogP contribution is -2.60. The molecule has 0 radical (unpaired) electrons. The summed E-state index contributed by atoms with van der Waals surface area (Å²) in [5, 5.41) is 54.7. The zero-order valence-electron chi connectivity index (χ0n) is 52.9. The van der Waals surface area contributed by atoms with E-state index in [0.717, 1.165) is 44.9 Å². The number of allylic oxidation sites excluding steroid dienone is 5. The summed E-state index contributed by atoms with van der Waals surface area (Å²) in [7, 11) is 0. The minimum Gasteiger partial charge on any atom is -0.394 e. The smallest absolute Gasteiger partial charge is 0.220 e. The third-order valence-corrected chi connectivity index (χ3v) is 17.0. The van der Waals surface area contributed by atoms with Gasteiger partial charge in [0, 0.05) is 6.42 Å². The first-order valence-corrected chi connectivity index (χ1v) is 35.2. The summed E-state index contributed by atoms with van der Waals surface area (Å²) >= 11 is 0. The first-order valence-electron chi connectivity index (χ1n) is 35.2. The third kappa shape index (κ3) is 48.7. The standard InChI is InChI=1S/C71H135NO8/c1-3-5-7-9-11-13-15-17-19-21-23-25-27-28-29-30-31-32-33-34-35-36-37-38-39-41-43-45-47-49-51-53-55-57-59-61-67(75)72-64(63-79-71-70(78)69(77)68(76)66(62-73)80-71)65(74)60-58-56-54-52-50-48-46-44-42-40-26-24-22-20-18-16-14-12-10-8-6-4-2/h15,17,21,23,58,60,64-66,68-71,73-74,76-78H,3-14,16,18-20,22,24-57,59,61-63H2,1-2H3,(H,72,75)/b17-15-,23-21-,60-58+. The van der Waals surface area contributed by atoms with Crippen molar-refractivity contribution >= 4 is 5.91 Å². The predicted molar refractivity (Wildman–Crippen MR) is 341 cm³/mol. The van der Waals surface area contributed by atoms with Crippen molar-refractivity contribution in [2.24, 2.45) is 0 Å². The Hall–Kier alpha value is -1.59. The van der Waals surface area contributed by atoms with Gasteiger partial charge in [0.1, 0.15) is 24.4 Å². The summed E-state index contributed by atoms with van der Waals surface area (Å²) in [5.41, 5.74) is 0. The van der Waals surface area contributed by atoms with Crippen molar-refractivity contribution in [3.8, 4) is 0 Å². The molecule has 7 unspecified atom stereocenters. The van der Waals surface area contributed by atoms with Gasteiger partial charge in [0.25, 0.3) is 0 Å². The number of amides is 1. The topological polar surface area (TPSA) is 149 Å². The van der Waals surface area contributed by atoms with Crippen molar-refractivity contribution in [3.63, 3.8) is 0 Å². The van der Waals surface area contributed by atoms with Crippen LogP contribution in [-0.2, 0) is 14.3 Å². The minimum absolute atomic E-state index is 0.169. The Balaban J connectivity index is 2.09. The van der Waals surface area contributed by atoms with Crippen LogP contribution in [-0.4, -0.2) is 87.5 Å². The van der Waals surface area contributed by atoms with E-state index in [1.165, 1.54) is 289 Å². The summed E-state index contributed by atoms with van der Waals surface area (Å²) < 4.78 is 11.3. The molecular weight excluding hydrogens is 995 g/mol. The number of rotatable bonds is 62. The van der Waals surface area contributed by atoms with Gasteiger partial charge in [0.05, 0.1) is 25.4 Å². The Labute approximate surface area is 495 Å². The van der Waals surface area contributed by atoms with E-state index in [2.05, 4.69) is 43.5 Å². The average Bonchev–Trinajstić information content (AvgIpc) is 3.46. The van der Waals surface area contributed by atoms with Gasteiger partial charge in [-0.2, -0.15) is 0 Å². The van der Waals surface area contributed by atoms with E-state index >= 15 is 0 Å². The van der Waals surface area contributed by atoms with Crippen molar-refractivity contribution in [1.29, 1.82) is 0 Å². The Morgan fingerprint density at radius 3 is 1.07 bits per heavy atom. The van der Waals surface area contributed by atoms with Gasteiger partial charge >= 0.3 is 0 Å². The van der Waals surface area contributed by atoms with Crippen LogP contribution in [0.3, 0.4) is 0 Å². The molecule has 0 saturated carbocycles. The van der Waals surface area contributed by atoms with Gasteiger partial charge in [0.15, 0.2) is 6.29 Å². The molecule has 1 aliphatic heterocycles. The van der Waals surface area contributed by atoms with Crippen LogP contribution >= 0.6 is 0 Å². The van der Waals surface area contributed by atoms with Crippen LogP contribution < -0.4 is 5.32 Å². The summed E-state index contributed by atoms with van der Waals surface area (Å²) in [6.45, 7) is 3.82. The highest BCUT2D eigenvalue weighted by atomic mass is 16.7. The van der Waals surface area contributed by atoms with Crippen LogP contribution in [0.5, 0.6) is 0 Å². The summed E-state index contributed by atoms with van der Waals surface area (Å²) in [5.74, 6) is -0.169. The lowest BCUT2D eigenvalue weighted by Gasteiger charge is -2.40. The molecule has 9 nitrogen and oxygen atoms in total. The zero-order valence-corrected chi connectivity index (χ0v) is 52.9. The largest absolute Gasteiger partial charge is 0.394 e. The fourth-order valence-corrected chi connectivity index (χ4v) is 11.4. The van der Waals surface area contributed by atoms with E-state index in [1.54, 1.807) is 6.08 Å². The second kappa shape index (κ2) is 60.5. The maximum Gasteiger partial charge on any atom is 0.220 e. The molecule has 1 rings (SSSR count). The molecule has 9 heteroatoms. The number of hydrogen-bond donors (Lipinski definition) is 6. The number of ether oxygens (including phenoxy) is 2. The van der Waals surface area contributed by atoms with Gasteiger partial charge in [-0.3, -0.25) is 4.79 Å². The van der Waals surface area contributed by atoms with Crippen molar-refractivity contribution in [2.45, 2.75) is 397 Å². The van der Waals surface area contributed by atoms with Crippen molar-refractivity contribution in [2.75, 3.05) is 13.2 Å². The summed E-state index contributed by atoms with van der Waals surface area (Å²) in [6.07, 6.45) is 74.0. The van der Waals surface area contributed by atoms with Gasteiger partial charge < -0.3 is 40.3 Å². The number of hydrogen-bond acceptors (Lipinski definition) is 8. The highest BCUT2D eigenvalue weighted by Gasteiger charge is 2.44. The highest BCUT2D eigenvalue weighted by Crippen LogP contribution is 2.23. The molecule has 0 aromatic rings. The maximum absolute atomic E-state index is 13.1. The second-order valence-corrected chi connectivity index (χ2v) is 24.7. The minimum atomic E-state index is -1.57. The van der Waals surface area contributed by atoms with Crippen LogP contribution in [0.15, 0.2) is 36.5 Å². The fourth-order valence-electron chi connectivity index (χ4n) is 11.4. The van der Waals surface area contributed by atoms with Crippen molar-refractivity contribution < 1.29 is 39.8 Å². The molecule has 1 aliphatic rings. The van der Waals surface area contributed by atoms with E-state index in [1.807, 2.05) is 6.08 Å². The van der Waals surface area contributed by atoms with E-state index in [-0.39, 0.29) is 12.5 Å². The molecule has 80 heavy (non-hydrogen) atoms. The van der Waals surface area contributed by atoms with E-state index in [9.17, 15) is 30.3 Å². The number of carbonyl (C=O) groups is 1. The van der Waals surface area contributed by atoms with Crippen LogP contribution in [0.1, 0.15) is 354 Å². The molecule has 1 fully saturated rings. The first-order chi connectivity index (χ1) is 39.3. The Morgan fingerprint density at radius 2 is 0.738 bits per heavy atom. The van der Waals surface area contributed by atoms with Crippen molar-refractivity contribution in [3.05, 3.63) is 36.5 Å². The SMILES string of the molecule is CCCCCCC/C=C\C/C=C\CCCCCCCCCCCCCCCCCCCCCCCCCC(=O)NC(COC1OC(CO)C(O)C(O)C1O)C(O)/C=C/CCCCCCCCCCCCCCCCCCCCCC. The molecule has 1 amide bonds. The average molecular weight is 1130 g/mol. The van der Waals surface area contributed by atoms with Gasteiger partial charge in [0.2, 0.25) is 5.91 Å². The molecule has 6 N–H and O–H groups in total. The Kier molecular flexibility index (Phi) is 57.8. The number of nitrogens with one attached hydrogen (secondary N) is 1. The van der Waals surface area contributed by atoms with Crippen LogP contribution in [0.2, 0.25) is 0 Å². The fraction of sp³-hybridized carbons (Fsp3) is 0.901. The number of aliphatic hydroxyl groups is 5. The van der Waals surface area contributed by atoms with Crippen LogP contribution in [0.25, 0.3) is 0 Å². The van der Waals surface area contributed by atoms with Gasteiger partial charge in [-0.15, -0.1) is 0 Å². The maximum atomic E-state index is 13.1. The highest BCUT2D eigenvalue weighted by molar-refractivity contribution is 5.76. The van der Waals surface area contributed by atoms with Crippen LogP contribution in [0.4, 0.5) is 0 Å². The molecule has 0 aromatic heterocycles. The van der Waals surface area contributed by atoms with E-state index in [4.69, 9.17) is 9.47 Å². The summed E-state index contributed by atoms with van der Waals surface area (Å²) in [6, 6.07) is -0.804. The van der Waals surface area contributed by atoms with Gasteiger partial charge in [-0.25, -0.2) is 0 Å². The lowest BCUT2D eigenvalue weighted by atomic mass is 9.99. The Bertz CT molecular complexity index is 1360. The first kappa shape index (κ1) is 76.4. The zero-order chi connectivity index (χ0) is 57.9. The van der Waals surface area contributed by atoms with Gasteiger partial charge in [-0.05, 0) is 51.4 Å². The van der Waals surface area contributed by atoms with Crippen molar-refractivity contribution in [1.82, 2.24) is 5.32 Å². The molecule has 7 atom stereocenters.